The van der Waals surface area contributed by atoms with Crippen LogP contribution in [0.25, 0.3) is 0 Å². The minimum atomic E-state index is -0.520. The Morgan fingerprint density at radius 3 is 2.41 bits per heavy atom. The first-order valence-corrected chi connectivity index (χ1v) is 6.30. The van der Waals surface area contributed by atoms with Crippen LogP contribution in [-0.4, -0.2) is 16.8 Å². The Kier molecular flexibility index (Phi) is 4.47. The molecule has 0 unspecified atom stereocenters. The molecule has 0 atom stereocenters. The first kappa shape index (κ1) is 15.2. The zero-order chi connectivity index (χ0) is 16.1. The van der Waals surface area contributed by atoms with E-state index in [-0.39, 0.29) is 11.4 Å². The Hall–Kier alpha value is -3.22. The molecule has 7 heteroatoms. The van der Waals surface area contributed by atoms with Crippen molar-refractivity contribution in [1.29, 1.82) is 0 Å². The molecule has 0 aromatic heterocycles. The number of rotatable bonds is 4. The molecule has 2 aromatic carbocycles. The fourth-order valence-electron chi connectivity index (χ4n) is 1.74. The first-order chi connectivity index (χ1) is 10.5. The number of anilines is 1. The molecule has 2 aromatic rings. The van der Waals surface area contributed by atoms with Crippen LogP contribution in [0.3, 0.4) is 0 Å². The van der Waals surface area contributed by atoms with Gasteiger partial charge in [0.25, 0.3) is 11.6 Å². The molecular weight excluding hydrogens is 288 g/mol. The smallest absolute Gasteiger partial charge is 0.308 e. The molecule has 22 heavy (non-hydrogen) atoms. The zero-order valence-electron chi connectivity index (χ0n) is 11.6. The third kappa shape index (κ3) is 3.89. The fraction of sp³-hybridized carbons (Fsp3) is 0.0667. The van der Waals surface area contributed by atoms with Gasteiger partial charge in [-0.15, -0.1) is 0 Å². The molecule has 2 rings (SSSR count). The second-order valence-electron chi connectivity index (χ2n) is 4.38. The van der Waals surface area contributed by atoms with Gasteiger partial charge in [0, 0.05) is 30.3 Å². The summed E-state index contributed by atoms with van der Waals surface area (Å²) in [6, 6.07) is 11.6. The van der Waals surface area contributed by atoms with Crippen LogP contribution in [0, 0.1) is 10.1 Å². The minimum Gasteiger partial charge on any atom is -0.427 e. The minimum absolute atomic E-state index is 0.0603. The summed E-state index contributed by atoms with van der Waals surface area (Å²) >= 11 is 0. The van der Waals surface area contributed by atoms with Gasteiger partial charge in [0.15, 0.2) is 0 Å². The molecule has 0 saturated heterocycles. The third-order valence-electron chi connectivity index (χ3n) is 2.69. The van der Waals surface area contributed by atoms with Crippen LogP contribution >= 0.6 is 0 Å². The Morgan fingerprint density at radius 1 is 1.14 bits per heavy atom. The SMILES string of the molecule is CC(=O)Oc1cccc(C(=O)Nc2ccc([N+](=O)[O-])cc2)c1. The van der Waals surface area contributed by atoms with Gasteiger partial charge in [-0.1, -0.05) is 6.07 Å². The number of nitro benzene ring substituents is 1. The lowest BCUT2D eigenvalue weighted by molar-refractivity contribution is -0.384. The van der Waals surface area contributed by atoms with E-state index in [9.17, 15) is 19.7 Å². The summed E-state index contributed by atoms with van der Waals surface area (Å²) in [5, 5.41) is 13.2. The number of non-ortho nitro benzene ring substituents is 1. The fourth-order valence-corrected chi connectivity index (χ4v) is 1.74. The molecule has 0 fully saturated rings. The molecule has 0 saturated carbocycles. The number of nitrogens with one attached hydrogen (secondary N) is 1. The topological polar surface area (TPSA) is 98.5 Å². The molecule has 0 bridgehead atoms. The van der Waals surface area contributed by atoms with Crippen molar-refractivity contribution in [2.24, 2.45) is 0 Å². The van der Waals surface area contributed by atoms with Gasteiger partial charge in [-0.25, -0.2) is 0 Å². The summed E-state index contributed by atoms with van der Waals surface area (Å²) in [7, 11) is 0. The maximum absolute atomic E-state index is 12.1. The summed E-state index contributed by atoms with van der Waals surface area (Å²) in [6.45, 7) is 1.27. The lowest BCUT2D eigenvalue weighted by Gasteiger charge is -2.06. The van der Waals surface area contributed by atoms with Crippen molar-refractivity contribution >= 4 is 23.3 Å². The second kappa shape index (κ2) is 6.49. The molecule has 0 aliphatic rings. The van der Waals surface area contributed by atoms with E-state index in [2.05, 4.69) is 5.32 Å². The lowest BCUT2D eigenvalue weighted by Crippen LogP contribution is -2.12. The maximum Gasteiger partial charge on any atom is 0.308 e. The van der Waals surface area contributed by atoms with E-state index < -0.39 is 16.8 Å². The number of carbonyl (C=O) groups excluding carboxylic acids is 2. The second-order valence-corrected chi connectivity index (χ2v) is 4.38. The van der Waals surface area contributed by atoms with Crippen LogP contribution in [0.2, 0.25) is 0 Å². The molecular formula is C15H12N2O5. The summed E-state index contributed by atoms with van der Waals surface area (Å²) in [6.07, 6.45) is 0. The van der Waals surface area contributed by atoms with Gasteiger partial charge in [-0.3, -0.25) is 19.7 Å². The number of amides is 1. The van der Waals surface area contributed by atoms with Crippen molar-refractivity contribution in [3.05, 3.63) is 64.2 Å². The average Bonchev–Trinajstić information content (AvgIpc) is 2.47. The molecule has 1 amide bonds. The predicted molar refractivity (Wildman–Crippen MR) is 78.8 cm³/mol. The van der Waals surface area contributed by atoms with Crippen molar-refractivity contribution in [2.45, 2.75) is 6.92 Å². The van der Waals surface area contributed by atoms with Gasteiger partial charge in [0.05, 0.1) is 4.92 Å². The van der Waals surface area contributed by atoms with Crippen LogP contribution in [0.15, 0.2) is 48.5 Å². The van der Waals surface area contributed by atoms with Crippen LogP contribution < -0.4 is 10.1 Å². The van der Waals surface area contributed by atoms with Crippen molar-refractivity contribution < 1.29 is 19.2 Å². The van der Waals surface area contributed by atoms with E-state index in [0.29, 0.717) is 11.3 Å². The van der Waals surface area contributed by atoms with Crippen LogP contribution in [0.1, 0.15) is 17.3 Å². The molecule has 0 aliphatic heterocycles. The highest BCUT2D eigenvalue weighted by molar-refractivity contribution is 6.04. The molecule has 0 heterocycles. The number of hydrogen-bond donors (Lipinski definition) is 1. The van der Waals surface area contributed by atoms with Crippen molar-refractivity contribution in [3.8, 4) is 5.75 Å². The van der Waals surface area contributed by atoms with E-state index in [4.69, 9.17) is 4.74 Å². The van der Waals surface area contributed by atoms with Crippen molar-refractivity contribution in [2.75, 3.05) is 5.32 Å². The van der Waals surface area contributed by atoms with E-state index >= 15 is 0 Å². The number of nitrogens with zero attached hydrogens (tertiary/aromatic N) is 1. The zero-order valence-corrected chi connectivity index (χ0v) is 11.6. The van der Waals surface area contributed by atoms with Crippen LogP contribution in [0.4, 0.5) is 11.4 Å². The van der Waals surface area contributed by atoms with Gasteiger partial charge in [-0.05, 0) is 30.3 Å². The van der Waals surface area contributed by atoms with Crippen LogP contribution in [0.5, 0.6) is 5.75 Å². The molecule has 1 N–H and O–H groups in total. The highest BCUT2D eigenvalue weighted by Gasteiger charge is 2.10. The molecule has 7 nitrogen and oxygen atoms in total. The Morgan fingerprint density at radius 2 is 1.82 bits per heavy atom. The van der Waals surface area contributed by atoms with Crippen LogP contribution in [-0.2, 0) is 4.79 Å². The summed E-state index contributed by atoms with van der Waals surface area (Å²) in [5.74, 6) is -0.625. The molecule has 0 aliphatic carbocycles. The van der Waals surface area contributed by atoms with E-state index in [0.717, 1.165) is 0 Å². The van der Waals surface area contributed by atoms with Crippen molar-refractivity contribution in [3.63, 3.8) is 0 Å². The Balaban J connectivity index is 2.11. The number of ether oxygens (including phenoxy) is 1. The first-order valence-electron chi connectivity index (χ1n) is 6.30. The summed E-state index contributed by atoms with van der Waals surface area (Å²) in [4.78, 5) is 33.0. The number of nitro groups is 1. The summed E-state index contributed by atoms with van der Waals surface area (Å²) < 4.78 is 4.90. The van der Waals surface area contributed by atoms with E-state index in [1.807, 2.05) is 0 Å². The number of carbonyl (C=O) groups is 2. The van der Waals surface area contributed by atoms with Gasteiger partial charge < -0.3 is 10.1 Å². The quantitative estimate of drug-likeness (QED) is 0.405. The standard InChI is InChI=1S/C15H12N2O5/c1-10(18)22-14-4-2-3-11(9-14)15(19)16-12-5-7-13(8-6-12)17(20)21/h2-9H,1H3,(H,16,19). The lowest BCUT2D eigenvalue weighted by atomic mass is 10.2. The highest BCUT2D eigenvalue weighted by Crippen LogP contribution is 2.18. The van der Waals surface area contributed by atoms with Crippen molar-refractivity contribution in [1.82, 2.24) is 0 Å². The van der Waals surface area contributed by atoms with Gasteiger partial charge in [-0.2, -0.15) is 0 Å². The van der Waals surface area contributed by atoms with E-state index in [1.165, 1.54) is 37.3 Å². The molecule has 0 spiro atoms. The highest BCUT2D eigenvalue weighted by atomic mass is 16.6. The number of hydrogen-bond acceptors (Lipinski definition) is 5. The molecule has 112 valence electrons. The Labute approximate surface area is 125 Å². The molecule has 0 radical (unpaired) electrons. The monoisotopic (exact) mass is 300 g/mol. The normalized spacial score (nSPS) is 9.86. The number of esters is 1. The summed E-state index contributed by atoms with van der Waals surface area (Å²) in [5.41, 5.74) is 0.667. The van der Waals surface area contributed by atoms with Gasteiger partial charge in [0.1, 0.15) is 5.75 Å². The van der Waals surface area contributed by atoms with Gasteiger partial charge >= 0.3 is 5.97 Å². The van der Waals surface area contributed by atoms with Gasteiger partial charge in [0.2, 0.25) is 0 Å². The number of benzene rings is 2. The predicted octanol–water partition coefficient (Wildman–Crippen LogP) is 2.77. The largest absolute Gasteiger partial charge is 0.427 e. The van der Waals surface area contributed by atoms with E-state index in [1.54, 1.807) is 18.2 Å². The third-order valence-corrected chi connectivity index (χ3v) is 2.69. The Bertz CT molecular complexity index is 725. The average molecular weight is 300 g/mol. The maximum atomic E-state index is 12.1.